The number of hydrogen-bond donors (Lipinski definition) is 0. The summed E-state index contributed by atoms with van der Waals surface area (Å²) >= 11 is 0. The topological polar surface area (TPSA) is 27.0 Å². The lowest BCUT2D eigenvalue weighted by Crippen LogP contribution is -2.32. The van der Waals surface area contributed by atoms with Crippen molar-refractivity contribution in [2.75, 3.05) is 11.4 Å². The molecule has 1 rings (SSSR count). The van der Waals surface area contributed by atoms with Gasteiger partial charge < -0.3 is 4.90 Å². The predicted molar refractivity (Wildman–Crippen MR) is 68.9 cm³/mol. The molecule has 0 aliphatic heterocycles. The van der Waals surface area contributed by atoms with Crippen LogP contribution >= 0.6 is 0 Å². The summed E-state index contributed by atoms with van der Waals surface area (Å²) in [6.07, 6.45) is -3.66. The third-order valence-electron chi connectivity index (χ3n) is 3.22. The third-order valence-corrected chi connectivity index (χ3v) is 3.22. The van der Waals surface area contributed by atoms with Gasteiger partial charge in [0, 0.05) is 18.3 Å². The first-order valence-corrected chi connectivity index (χ1v) is 6.23. The lowest BCUT2D eigenvalue weighted by molar-refractivity contribution is -0.137. The number of halogens is 3. The van der Waals surface area contributed by atoms with Crippen molar-refractivity contribution in [2.45, 2.75) is 39.4 Å². The fraction of sp³-hybridized carbons (Fsp3) is 0.500. The van der Waals surface area contributed by atoms with Gasteiger partial charge in [0.2, 0.25) is 0 Å². The summed E-state index contributed by atoms with van der Waals surface area (Å²) in [6, 6.07) is 5.62. The van der Waals surface area contributed by atoms with Gasteiger partial charge in [0.15, 0.2) is 0 Å². The van der Waals surface area contributed by atoms with Crippen molar-refractivity contribution in [1.29, 1.82) is 5.26 Å². The van der Waals surface area contributed by atoms with Crippen molar-refractivity contribution < 1.29 is 13.2 Å². The lowest BCUT2D eigenvalue weighted by Gasteiger charge is -2.30. The number of anilines is 1. The first kappa shape index (κ1) is 15.4. The van der Waals surface area contributed by atoms with Gasteiger partial charge in [0.05, 0.1) is 17.2 Å². The minimum absolute atomic E-state index is 0.152. The second-order valence-corrected chi connectivity index (χ2v) is 4.38. The molecule has 0 amide bonds. The summed E-state index contributed by atoms with van der Waals surface area (Å²) in [6.45, 7) is 6.48. The number of hydrogen-bond acceptors (Lipinski definition) is 2. The van der Waals surface area contributed by atoms with Gasteiger partial charge >= 0.3 is 6.18 Å². The van der Waals surface area contributed by atoms with Gasteiger partial charge in [-0.1, -0.05) is 6.92 Å². The standard InChI is InChI=1S/C14H17F3N2/c1-4-10(3)19(5-2)12-7-6-11(9-18)13(8-12)14(15,16)17/h6-8,10H,4-5H2,1-3H3/t10-/m1/s1. The van der Waals surface area contributed by atoms with Crippen LogP contribution in [-0.4, -0.2) is 12.6 Å². The summed E-state index contributed by atoms with van der Waals surface area (Å²) in [5.41, 5.74) is -0.700. The zero-order chi connectivity index (χ0) is 14.6. The Bertz CT molecular complexity index is 475. The van der Waals surface area contributed by atoms with Crippen molar-refractivity contribution >= 4 is 5.69 Å². The summed E-state index contributed by atoms with van der Waals surface area (Å²) in [7, 11) is 0. The Morgan fingerprint density at radius 1 is 1.32 bits per heavy atom. The molecule has 2 nitrogen and oxygen atoms in total. The molecule has 1 aromatic rings. The fourth-order valence-corrected chi connectivity index (χ4v) is 2.01. The van der Waals surface area contributed by atoms with E-state index in [1.54, 1.807) is 12.1 Å². The molecule has 0 N–H and O–H groups in total. The molecule has 0 saturated carbocycles. The number of nitriles is 1. The van der Waals surface area contributed by atoms with Crippen LogP contribution in [0.4, 0.5) is 18.9 Å². The number of benzene rings is 1. The maximum Gasteiger partial charge on any atom is 0.417 e. The smallest absolute Gasteiger partial charge is 0.369 e. The first-order valence-electron chi connectivity index (χ1n) is 6.23. The summed E-state index contributed by atoms with van der Waals surface area (Å²) in [5.74, 6) is 0. The normalized spacial score (nSPS) is 12.9. The number of nitrogens with zero attached hydrogens (tertiary/aromatic N) is 2. The van der Waals surface area contributed by atoms with Crippen LogP contribution < -0.4 is 4.90 Å². The van der Waals surface area contributed by atoms with Crippen LogP contribution in [0.25, 0.3) is 0 Å². The maximum absolute atomic E-state index is 12.9. The van der Waals surface area contributed by atoms with Gasteiger partial charge in [0.25, 0.3) is 0 Å². The van der Waals surface area contributed by atoms with Crippen molar-refractivity contribution in [2.24, 2.45) is 0 Å². The zero-order valence-electron chi connectivity index (χ0n) is 11.3. The van der Waals surface area contributed by atoms with Crippen LogP contribution in [0.15, 0.2) is 18.2 Å². The van der Waals surface area contributed by atoms with Crippen molar-refractivity contribution in [3.63, 3.8) is 0 Å². The Balaban J connectivity index is 3.29. The van der Waals surface area contributed by atoms with E-state index in [1.807, 2.05) is 25.7 Å². The molecule has 0 bridgehead atoms. The number of rotatable bonds is 4. The molecule has 19 heavy (non-hydrogen) atoms. The van der Waals surface area contributed by atoms with Gasteiger partial charge in [-0.2, -0.15) is 18.4 Å². The van der Waals surface area contributed by atoms with Crippen molar-refractivity contribution in [3.05, 3.63) is 29.3 Å². The van der Waals surface area contributed by atoms with Crippen LogP contribution in [0.3, 0.4) is 0 Å². The lowest BCUT2D eigenvalue weighted by atomic mass is 10.1. The molecular formula is C14H17F3N2. The van der Waals surface area contributed by atoms with E-state index in [-0.39, 0.29) is 11.6 Å². The van der Waals surface area contributed by atoms with Crippen LogP contribution in [0.2, 0.25) is 0 Å². The van der Waals surface area contributed by atoms with E-state index in [9.17, 15) is 13.2 Å². The SMILES string of the molecule is CC[C@@H](C)N(CC)c1ccc(C#N)c(C(F)(F)F)c1. The molecule has 1 atom stereocenters. The number of alkyl halides is 3. The van der Waals surface area contributed by atoms with E-state index in [2.05, 4.69) is 0 Å². The van der Waals surface area contributed by atoms with Crippen molar-refractivity contribution in [1.82, 2.24) is 0 Å². The highest BCUT2D eigenvalue weighted by atomic mass is 19.4. The van der Waals surface area contributed by atoms with Crippen LogP contribution in [0.1, 0.15) is 38.3 Å². The van der Waals surface area contributed by atoms with Gasteiger partial charge in [0.1, 0.15) is 0 Å². The van der Waals surface area contributed by atoms with E-state index in [1.165, 1.54) is 6.07 Å². The second-order valence-electron chi connectivity index (χ2n) is 4.38. The van der Waals surface area contributed by atoms with Crippen LogP contribution in [0.5, 0.6) is 0 Å². The average molecular weight is 270 g/mol. The predicted octanol–water partition coefficient (Wildman–Crippen LogP) is 4.20. The Kier molecular flexibility index (Phi) is 4.82. The minimum atomic E-state index is -4.50. The molecule has 1 aromatic carbocycles. The fourth-order valence-electron chi connectivity index (χ4n) is 2.01. The monoisotopic (exact) mass is 270 g/mol. The Labute approximate surface area is 111 Å². The van der Waals surface area contributed by atoms with Crippen molar-refractivity contribution in [3.8, 4) is 6.07 Å². The Morgan fingerprint density at radius 3 is 2.37 bits per heavy atom. The average Bonchev–Trinajstić information content (AvgIpc) is 2.38. The van der Waals surface area contributed by atoms with Gasteiger partial charge in [-0.05, 0) is 38.5 Å². The van der Waals surface area contributed by atoms with Crippen LogP contribution in [0, 0.1) is 11.3 Å². The quantitative estimate of drug-likeness (QED) is 0.819. The summed E-state index contributed by atoms with van der Waals surface area (Å²) < 4.78 is 38.7. The second kappa shape index (κ2) is 5.96. The molecule has 0 spiro atoms. The van der Waals surface area contributed by atoms with Crippen LogP contribution in [-0.2, 0) is 6.18 Å². The molecule has 5 heteroatoms. The molecule has 0 aliphatic rings. The molecule has 0 aromatic heterocycles. The highest BCUT2D eigenvalue weighted by molar-refractivity contribution is 5.55. The molecule has 0 fully saturated rings. The molecule has 0 aliphatic carbocycles. The molecule has 0 radical (unpaired) electrons. The minimum Gasteiger partial charge on any atom is -0.369 e. The van der Waals surface area contributed by atoms with E-state index in [0.717, 1.165) is 12.5 Å². The molecule has 104 valence electrons. The highest BCUT2D eigenvalue weighted by Gasteiger charge is 2.34. The molecular weight excluding hydrogens is 253 g/mol. The van der Waals surface area contributed by atoms with E-state index in [0.29, 0.717) is 12.2 Å². The zero-order valence-corrected chi connectivity index (χ0v) is 11.3. The first-order chi connectivity index (χ1) is 8.85. The Hall–Kier alpha value is -1.70. The van der Waals surface area contributed by atoms with E-state index in [4.69, 9.17) is 5.26 Å². The third kappa shape index (κ3) is 3.40. The summed E-state index contributed by atoms with van der Waals surface area (Å²) in [4.78, 5) is 1.90. The highest BCUT2D eigenvalue weighted by Crippen LogP contribution is 2.34. The van der Waals surface area contributed by atoms with E-state index >= 15 is 0 Å². The maximum atomic E-state index is 12.9. The largest absolute Gasteiger partial charge is 0.417 e. The van der Waals surface area contributed by atoms with Gasteiger partial charge in [-0.15, -0.1) is 0 Å². The van der Waals surface area contributed by atoms with E-state index < -0.39 is 11.7 Å². The Morgan fingerprint density at radius 2 is 1.95 bits per heavy atom. The molecule has 0 unspecified atom stereocenters. The van der Waals surface area contributed by atoms with Gasteiger partial charge in [-0.25, -0.2) is 0 Å². The van der Waals surface area contributed by atoms with Gasteiger partial charge in [-0.3, -0.25) is 0 Å². The summed E-state index contributed by atoms with van der Waals surface area (Å²) in [5, 5.41) is 8.76. The molecule has 0 saturated heterocycles. The molecule has 0 heterocycles.